The molecule has 0 aliphatic heterocycles. The number of nitrogens with zero attached hydrogens (tertiary/aromatic N) is 3. The summed E-state index contributed by atoms with van der Waals surface area (Å²) in [4.78, 5) is 13.2. The molecule has 0 aliphatic rings. The molecule has 0 bridgehead atoms. The zero-order chi connectivity index (χ0) is 13.7. The molecule has 1 aromatic carbocycles. The normalized spacial score (nSPS) is 10.1. The van der Waals surface area contributed by atoms with Crippen LogP contribution in [-0.4, -0.2) is 24.2 Å². The third kappa shape index (κ3) is 2.97. The Balaban J connectivity index is 2.25. The van der Waals surface area contributed by atoms with E-state index >= 15 is 0 Å². The smallest absolute Gasteiger partial charge is 0.341 e. The molecule has 0 spiro atoms. The fourth-order valence-electron chi connectivity index (χ4n) is 1.75. The first-order valence-corrected chi connectivity index (χ1v) is 5.57. The summed E-state index contributed by atoms with van der Waals surface area (Å²) in [5, 5.41) is 12.9. The van der Waals surface area contributed by atoms with Gasteiger partial charge in [-0.3, -0.25) is 0 Å². The lowest BCUT2D eigenvalue weighted by atomic mass is 10.1. The van der Waals surface area contributed by atoms with Gasteiger partial charge >= 0.3 is 5.97 Å². The van der Waals surface area contributed by atoms with E-state index in [0.717, 1.165) is 10.9 Å². The topological polar surface area (TPSA) is 108 Å². The molecule has 1 N–H and O–H groups in total. The molecule has 0 fully saturated rings. The Morgan fingerprint density at radius 1 is 1.53 bits per heavy atom. The summed E-state index contributed by atoms with van der Waals surface area (Å²) >= 11 is 0. The molecule has 98 valence electrons. The molecule has 0 saturated carbocycles. The number of hydrogen-bond acceptors (Lipinski definition) is 4. The van der Waals surface area contributed by atoms with Gasteiger partial charge in [-0.1, -0.05) is 17.2 Å². The first-order chi connectivity index (χ1) is 9.22. The van der Waals surface area contributed by atoms with Gasteiger partial charge in [0.1, 0.15) is 0 Å². The Morgan fingerprint density at radius 2 is 2.37 bits per heavy atom. The molecule has 19 heavy (non-hydrogen) atoms. The van der Waals surface area contributed by atoms with Crippen molar-refractivity contribution in [1.82, 2.24) is 0 Å². The highest BCUT2D eigenvalue weighted by Gasteiger charge is 2.11. The summed E-state index contributed by atoms with van der Waals surface area (Å²) < 4.78 is 10.5. The number of hydrogen-bond donors (Lipinski definition) is 1. The summed E-state index contributed by atoms with van der Waals surface area (Å²) in [6.07, 6.45) is 2.12. The van der Waals surface area contributed by atoms with Gasteiger partial charge in [0, 0.05) is 16.8 Å². The van der Waals surface area contributed by atoms with E-state index in [0.29, 0.717) is 24.3 Å². The van der Waals surface area contributed by atoms with Crippen LogP contribution in [0.4, 0.5) is 0 Å². The summed E-state index contributed by atoms with van der Waals surface area (Å²) in [7, 11) is 0. The lowest BCUT2D eigenvalue weighted by Crippen LogP contribution is -2.09. The van der Waals surface area contributed by atoms with Gasteiger partial charge < -0.3 is 14.3 Å². The SMILES string of the molecule is [N-]=[N+]=NCCc1coc2c(OCC(=O)O)cccc12. The number of carboxylic acid groups (broad SMARTS) is 1. The Labute approximate surface area is 108 Å². The number of furan rings is 1. The van der Waals surface area contributed by atoms with Crippen LogP contribution < -0.4 is 4.74 Å². The van der Waals surface area contributed by atoms with Crippen molar-refractivity contribution in [3.63, 3.8) is 0 Å². The minimum absolute atomic E-state index is 0.339. The molecule has 0 unspecified atom stereocenters. The van der Waals surface area contributed by atoms with Gasteiger partial charge in [-0.15, -0.1) is 0 Å². The number of azide groups is 1. The lowest BCUT2D eigenvalue weighted by molar-refractivity contribution is -0.139. The van der Waals surface area contributed by atoms with E-state index in [4.69, 9.17) is 19.8 Å². The number of fused-ring (bicyclic) bond motifs is 1. The maximum absolute atomic E-state index is 10.5. The van der Waals surface area contributed by atoms with Gasteiger partial charge in [0.2, 0.25) is 0 Å². The van der Waals surface area contributed by atoms with Crippen molar-refractivity contribution < 1.29 is 19.1 Å². The van der Waals surface area contributed by atoms with Crippen LogP contribution in [0.25, 0.3) is 21.4 Å². The lowest BCUT2D eigenvalue weighted by Gasteiger charge is -2.03. The zero-order valence-electron chi connectivity index (χ0n) is 9.94. The van der Waals surface area contributed by atoms with Gasteiger partial charge in [0.05, 0.1) is 6.26 Å². The van der Waals surface area contributed by atoms with Gasteiger partial charge in [-0.2, -0.15) is 0 Å². The van der Waals surface area contributed by atoms with Gasteiger partial charge in [0.25, 0.3) is 0 Å². The molecular weight excluding hydrogens is 250 g/mol. The molecule has 2 rings (SSSR count). The van der Waals surface area contributed by atoms with Crippen LogP contribution in [0.5, 0.6) is 5.75 Å². The second-order valence-corrected chi connectivity index (χ2v) is 3.78. The summed E-state index contributed by atoms with van der Waals surface area (Å²) in [5.74, 6) is -0.665. The van der Waals surface area contributed by atoms with Crippen molar-refractivity contribution in [1.29, 1.82) is 0 Å². The van der Waals surface area contributed by atoms with Crippen molar-refractivity contribution in [3.8, 4) is 5.75 Å². The first kappa shape index (κ1) is 12.8. The summed E-state index contributed by atoms with van der Waals surface area (Å²) in [6, 6.07) is 5.25. The number of aliphatic carboxylic acids is 1. The van der Waals surface area contributed by atoms with Crippen LogP contribution in [0.3, 0.4) is 0 Å². The predicted molar refractivity (Wildman–Crippen MR) is 67.1 cm³/mol. The molecule has 1 heterocycles. The maximum atomic E-state index is 10.5. The van der Waals surface area contributed by atoms with Crippen molar-refractivity contribution in [2.45, 2.75) is 6.42 Å². The number of carbonyl (C=O) groups is 1. The van der Waals surface area contributed by atoms with Crippen molar-refractivity contribution in [3.05, 3.63) is 40.5 Å². The van der Waals surface area contributed by atoms with Crippen LogP contribution in [0.15, 0.2) is 34.0 Å². The van der Waals surface area contributed by atoms with Crippen molar-refractivity contribution >= 4 is 16.9 Å². The van der Waals surface area contributed by atoms with Crippen LogP contribution in [0.2, 0.25) is 0 Å². The summed E-state index contributed by atoms with van der Waals surface area (Å²) in [5.41, 5.74) is 9.63. The second-order valence-electron chi connectivity index (χ2n) is 3.78. The van der Waals surface area contributed by atoms with Crippen LogP contribution in [0.1, 0.15) is 5.56 Å². The fraction of sp³-hybridized carbons (Fsp3) is 0.250. The molecule has 2 aromatic rings. The predicted octanol–water partition coefficient (Wildman–Crippen LogP) is 2.75. The average Bonchev–Trinajstić information content (AvgIpc) is 2.80. The Bertz CT molecular complexity index is 643. The monoisotopic (exact) mass is 261 g/mol. The number of ether oxygens (including phenoxy) is 1. The number of rotatable bonds is 6. The molecule has 0 amide bonds. The van der Waals surface area contributed by atoms with Gasteiger partial charge in [0.15, 0.2) is 17.9 Å². The third-order valence-electron chi connectivity index (χ3n) is 2.54. The average molecular weight is 261 g/mol. The Hall–Kier alpha value is -2.66. The van der Waals surface area contributed by atoms with E-state index in [1.165, 1.54) is 0 Å². The quantitative estimate of drug-likeness (QED) is 0.489. The maximum Gasteiger partial charge on any atom is 0.341 e. The van der Waals surface area contributed by atoms with Crippen molar-refractivity contribution in [2.24, 2.45) is 5.11 Å². The molecule has 7 heteroatoms. The first-order valence-electron chi connectivity index (χ1n) is 5.57. The van der Waals surface area contributed by atoms with Crippen LogP contribution in [0, 0.1) is 0 Å². The van der Waals surface area contributed by atoms with E-state index in [-0.39, 0.29) is 0 Å². The van der Waals surface area contributed by atoms with Crippen LogP contribution >= 0.6 is 0 Å². The molecular formula is C12H11N3O4. The molecule has 0 saturated heterocycles. The highest BCUT2D eigenvalue weighted by molar-refractivity contribution is 5.86. The van der Waals surface area contributed by atoms with Gasteiger partial charge in [-0.05, 0) is 23.6 Å². The summed E-state index contributed by atoms with van der Waals surface area (Å²) in [6.45, 7) is -0.0841. The number of benzene rings is 1. The van der Waals surface area contributed by atoms with E-state index in [1.54, 1.807) is 18.4 Å². The van der Waals surface area contributed by atoms with Crippen LogP contribution in [-0.2, 0) is 11.2 Å². The zero-order valence-corrected chi connectivity index (χ0v) is 9.94. The highest BCUT2D eigenvalue weighted by Crippen LogP contribution is 2.30. The molecule has 0 radical (unpaired) electrons. The van der Waals surface area contributed by atoms with E-state index in [9.17, 15) is 4.79 Å². The number of carboxylic acids is 1. The number of para-hydroxylation sites is 1. The largest absolute Gasteiger partial charge is 0.479 e. The standard InChI is InChI=1S/C12H11N3O4/c13-15-14-5-4-8-6-19-12-9(8)2-1-3-10(12)18-7-11(16)17/h1-3,6H,4-5,7H2,(H,16,17). The highest BCUT2D eigenvalue weighted by atomic mass is 16.5. The van der Waals surface area contributed by atoms with E-state index < -0.39 is 12.6 Å². The molecule has 0 atom stereocenters. The molecule has 7 nitrogen and oxygen atoms in total. The Morgan fingerprint density at radius 3 is 3.11 bits per heavy atom. The second kappa shape index (κ2) is 5.79. The third-order valence-corrected chi connectivity index (χ3v) is 2.54. The molecule has 0 aliphatic carbocycles. The minimum atomic E-state index is -1.05. The van der Waals surface area contributed by atoms with E-state index in [2.05, 4.69) is 10.0 Å². The van der Waals surface area contributed by atoms with Gasteiger partial charge in [-0.25, -0.2) is 4.79 Å². The Kier molecular flexibility index (Phi) is 3.90. The minimum Gasteiger partial charge on any atom is -0.479 e. The fourth-order valence-corrected chi connectivity index (χ4v) is 1.75. The molecule has 1 aromatic heterocycles. The van der Waals surface area contributed by atoms with E-state index in [1.807, 2.05) is 6.07 Å². The van der Waals surface area contributed by atoms with Crippen molar-refractivity contribution in [2.75, 3.05) is 13.2 Å².